The predicted octanol–water partition coefficient (Wildman–Crippen LogP) is 3.09. The Balaban J connectivity index is 1.43. The van der Waals surface area contributed by atoms with Crippen LogP contribution in [0.15, 0.2) is 12.1 Å². The molecule has 1 aliphatic rings. The second-order valence-corrected chi connectivity index (χ2v) is 8.68. The molecule has 166 valence electrons. The molecule has 8 nitrogen and oxygen atoms in total. The number of carbonyl (C=O) groups excluding carboxylic acids is 1. The van der Waals surface area contributed by atoms with E-state index in [4.69, 9.17) is 14.2 Å². The van der Waals surface area contributed by atoms with Gasteiger partial charge < -0.3 is 19.5 Å². The molecule has 2 aromatic rings. The summed E-state index contributed by atoms with van der Waals surface area (Å²) in [5.41, 5.74) is 1.56. The molecule has 8 heteroatoms. The van der Waals surface area contributed by atoms with Crippen molar-refractivity contribution in [2.24, 2.45) is 18.9 Å². The van der Waals surface area contributed by atoms with E-state index in [0.717, 1.165) is 30.4 Å². The molecule has 0 unspecified atom stereocenters. The average molecular weight is 419 g/mol. The molecule has 0 bridgehead atoms. The third-order valence-electron chi connectivity index (χ3n) is 5.27. The summed E-state index contributed by atoms with van der Waals surface area (Å²) in [4.78, 5) is 20.1. The van der Waals surface area contributed by atoms with Gasteiger partial charge in [-0.1, -0.05) is 13.8 Å². The fourth-order valence-corrected chi connectivity index (χ4v) is 3.44. The van der Waals surface area contributed by atoms with Gasteiger partial charge in [0.25, 0.3) is 6.01 Å². The zero-order valence-electron chi connectivity index (χ0n) is 18.7. The summed E-state index contributed by atoms with van der Waals surface area (Å²) < 4.78 is 19.4. The number of fused-ring (bicyclic) bond motifs is 1. The van der Waals surface area contributed by atoms with Gasteiger partial charge in [0.05, 0.1) is 25.9 Å². The lowest BCUT2D eigenvalue weighted by Crippen LogP contribution is -2.40. The van der Waals surface area contributed by atoms with Gasteiger partial charge in [-0.05, 0) is 44.1 Å². The summed E-state index contributed by atoms with van der Waals surface area (Å²) in [6.45, 7) is 9.62. The highest BCUT2D eigenvalue weighted by Crippen LogP contribution is 2.31. The fraction of sp³-hybridized carbons (Fsp3) is 0.682. The third kappa shape index (κ3) is 6.08. The van der Waals surface area contributed by atoms with Gasteiger partial charge in [-0.25, -0.2) is 0 Å². The molecule has 30 heavy (non-hydrogen) atoms. The second kappa shape index (κ2) is 10.1. The Hall–Kier alpha value is -2.35. The van der Waals surface area contributed by atoms with Gasteiger partial charge in [0.1, 0.15) is 5.52 Å². The van der Waals surface area contributed by atoms with E-state index < -0.39 is 0 Å². The van der Waals surface area contributed by atoms with Crippen molar-refractivity contribution in [3.8, 4) is 11.9 Å². The topological polar surface area (TPSA) is 87.5 Å². The van der Waals surface area contributed by atoms with Crippen molar-refractivity contribution in [1.82, 2.24) is 19.9 Å². The van der Waals surface area contributed by atoms with Gasteiger partial charge in [0.15, 0.2) is 5.65 Å². The first-order valence-corrected chi connectivity index (χ1v) is 10.8. The van der Waals surface area contributed by atoms with Crippen LogP contribution in [0.25, 0.3) is 11.2 Å². The van der Waals surface area contributed by atoms with Crippen molar-refractivity contribution in [3.05, 3.63) is 12.1 Å². The molecular weight excluding hydrogens is 384 g/mol. The van der Waals surface area contributed by atoms with E-state index in [1.165, 1.54) is 6.92 Å². The quantitative estimate of drug-likeness (QED) is 0.603. The molecule has 1 saturated carbocycles. The number of aromatic nitrogens is 3. The number of hydrogen-bond donors (Lipinski definition) is 1. The summed E-state index contributed by atoms with van der Waals surface area (Å²) in [5, 5.41) is 2.83. The number of pyridine rings is 1. The van der Waals surface area contributed by atoms with Crippen LogP contribution < -0.4 is 14.8 Å². The first-order chi connectivity index (χ1) is 14.3. The maximum absolute atomic E-state index is 11.0. The van der Waals surface area contributed by atoms with Gasteiger partial charge >= 0.3 is 0 Å². The Kier molecular flexibility index (Phi) is 7.53. The van der Waals surface area contributed by atoms with E-state index in [9.17, 15) is 4.79 Å². The zero-order valence-corrected chi connectivity index (χ0v) is 18.7. The number of aryl methyl sites for hydroxylation is 1. The Morgan fingerprint density at radius 1 is 1.23 bits per heavy atom. The largest absolute Gasteiger partial charge is 0.477 e. The lowest BCUT2D eigenvalue weighted by atomic mass is 9.83. The van der Waals surface area contributed by atoms with Crippen LogP contribution in [0.2, 0.25) is 0 Å². The van der Waals surface area contributed by atoms with Crippen molar-refractivity contribution in [2.45, 2.75) is 59.1 Å². The number of amides is 1. The SMILES string of the molecule is CC(=O)N[C@@H](C)COC1CC(COc2ccc3nc(OCCC(C)C)n(C)c3n2)C1. The number of carbonyl (C=O) groups is 1. The summed E-state index contributed by atoms with van der Waals surface area (Å²) in [5.74, 6) is 1.63. The Bertz CT molecular complexity index is 845. The van der Waals surface area contributed by atoms with Crippen molar-refractivity contribution in [3.63, 3.8) is 0 Å². The molecular formula is C22H34N4O4. The molecule has 1 atom stereocenters. The fourth-order valence-electron chi connectivity index (χ4n) is 3.44. The van der Waals surface area contributed by atoms with E-state index in [0.29, 0.717) is 43.5 Å². The second-order valence-electron chi connectivity index (χ2n) is 8.68. The number of nitrogens with one attached hydrogen (secondary N) is 1. The van der Waals surface area contributed by atoms with Crippen molar-refractivity contribution in [2.75, 3.05) is 19.8 Å². The molecule has 1 fully saturated rings. The normalized spacial score (nSPS) is 19.5. The van der Waals surface area contributed by atoms with Crippen molar-refractivity contribution >= 4 is 17.1 Å². The van der Waals surface area contributed by atoms with Gasteiger partial charge in [-0.15, -0.1) is 0 Å². The highest BCUT2D eigenvalue weighted by atomic mass is 16.5. The molecule has 0 aliphatic heterocycles. The highest BCUT2D eigenvalue weighted by Gasteiger charge is 2.31. The summed E-state index contributed by atoms with van der Waals surface area (Å²) in [7, 11) is 1.91. The van der Waals surface area contributed by atoms with Gasteiger partial charge in [-0.3, -0.25) is 9.36 Å². The molecule has 0 spiro atoms. The molecule has 1 N–H and O–H groups in total. The van der Waals surface area contributed by atoms with Gasteiger partial charge in [0.2, 0.25) is 11.8 Å². The Labute approximate surface area is 178 Å². The predicted molar refractivity (Wildman–Crippen MR) is 115 cm³/mol. The number of hydrogen-bond acceptors (Lipinski definition) is 6. The van der Waals surface area contributed by atoms with Crippen LogP contribution >= 0.6 is 0 Å². The molecule has 1 amide bonds. The molecule has 2 aromatic heterocycles. The Morgan fingerprint density at radius 2 is 2.00 bits per heavy atom. The third-order valence-corrected chi connectivity index (χ3v) is 5.27. The van der Waals surface area contributed by atoms with Crippen LogP contribution in [0.1, 0.15) is 47.0 Å². The standard InChI is InChI=1S/C22H34N4O4/c1-14(2)8-9-28-22-24-19-6-7-20(25-21(19)26(22)5)30-13-17-10-18(11-17)29-12-15(3)23-16(4)27/h6-7,14-15,17-18H,8-13H2,1-5H3,(H,23,27)/t15-,17?,18?/m0/s1. The molecule has 3 rings (SSSR count). The summed E-state index contributed by atoms with van der Waals surface area (Å²) in [6.07, 6.45) is 3.17. The minimum atomic E-state index is -0.0295. The molecule has 0 aromatic carbocycles. The van der Waals surface area contributed by atoms with E-state index in [1.807, 2.05) is 30.7 Å². The van der Waals surface area contributed by atoms with Crippen LogP contribution in [0.5, 0.6) is 11.9 Å². The minimum Gasteiger partial charge on any atom is -0.477 e. The number of imidazole rings is 1. The maximum Gasteiger partial charge on any atom is 0.298 e. The summed E-state index contributed by atoms with van der Waals surface area (Å²) in [6, 6.07) is 4.40. The van der Waals surface area contributed by atoms with E-state index in [-0.39, 0.29) is 18.1 Å². The monoisotopic (exact) mass is 418 g/mol. The first-order valence-electron chi connectivity index (χ1n) is 10.8. The molecule has 1 aliphatic carbocycles. The van der Waals surface area contributed by atoms with Crippen molar-refractivity contribution in [1.29, 1.82) is 0 Å². The van der Waals surface area contributed by atoms with Crippen LogP contribution in [0, 0.1) is 11.8 Å². The van der Waals surface area contributed by atoms with E-state index in [2.05, 4.69) is 29.1 Å². The first kappa shape index (κ1) is 22.3. The average Bonchev–Trinajstić information content (AvgIpc) is 2.95. The maximum atomic E-state index is 11.0. The van der Waals surface area contributed by atoms with E-state index in [1.54, 1.807) is 0 Å². The van der Waals surface area contributed by atoms with Crippen LogP contribution in [0.3, 0.4) is 0 Å². The smallest absolute Gasteiger partial charge is 0.298 e. The molecule has 0 saturated heterocycles. The number of rotatable bonds is 11. The van der Waals surface area contributed by atoms with Crippen LogP contribution in [-0.4, -0.2) is 52.4 Å². The van der Waals surface area contributed by atoms with Gasteiger partial charge in [0, 0.05) is 26.1 Å². The Morgan fingerprint density at radius 3 is 2.70 bits per heavy atom. The lowest BCUT2D eigenvalue weighted by molar-refractivity contribution is -0.120. The number of ether oxygens (including phenoxy) is 3. The highest BCUT2D eigenvalue weighted by molar-refractivity contribution is 5.73. The molecule has 0 radical (unpaired) electrons. The van der Waals surface area contributed by atoms with E-state index >= 15 is 0 Å². The van der Waals surface area contributed by atoms with Crippen LogP contribution in [0.4, 0.5) is 0 Å². The van der Waals surface area contributed by atoms with Crippen LogP contribution in [-0.2, 0) is 16.6 Å². The van der Waals surface area contributed by atoms with Gasteiger partial charge in [-0.2, -0.15) is 9.97 Å². The zero-order chi connectivity index (χ0) is 21.7. The minimum absolute atomic E-state index is 0.0295. The summed E-state index contributed by atoms with van der Waals surface area (Å²) >= 11 is 0. The lowest BCUT2D eigenvalue weighted by Gasteiger charge is -2.35. The number of nitrogens with zero attached hydrogens (tertiary/aromatic N) is 3. The van der Waals surface area contributed by atoms with Crippen molar-refractivity contribution < 1.29 is 19.0 Å². The molecule has 2 heterocycles.